The molecule has 0 aliphatic carbocycles. The summed E-state index contributed by atoms with van der Waals surface area (Å²) >= 11 is 6.33. The number of halogens is 1. The van der Waals surface area contributed by atoms with Crippen molar-refractivity contribution in [2.24, 2.45) is 0 Å². The van der Waals surface area contributed by atoms with Gasteiger partial charge in [-0.15, -0.1) is 0 Å². The van der Waals surface area contributed by atoms with Crippen molar-refractivity contribution in [2.45, 2.75) is 26.7 Å². The smallest absolute Gasteiger partial charge is 0.434 e. The zero-order chi connectivity index (χ0) is 17.9. The number of carbonyl (C=O) groups is 1. The highest BCUT2D eigenvalue weighted by Gasteiger charge is 2.35. The molecule has 5 nitrogen and oxygen atoms in total. The summed E-state index contributed by atoms with van der Waals surface area (Å²) in [7, 11) is 1.82. The van der Waals surface area contributed by atoms with E-state index in [0.29, 0.717) is 21.9 Å². The fraction of sp³-hybridized carbons (Fsp3) is 0.333. The fourth-order valence-corrected chi connectivity index (χ4v) is 2.91. The van der Waals surface area contributed by atoms with Gasteiger partial charge in [0.05, 0.1) is 29.9 Å². The third-order valence-corrected chi connectivity index (χ3v) is 4.44. The van der Waals surface area contributed by atoms with E-state index in [1.54, 1.807) is 13.0 Å². The van der Waals surface area contributed by atoms with Crippen molar-refractivity contribution < 1.29 is 14.3 Å². The van der Waals surface area contributed by atoms with Crippen LogP contribution >= 0.6 is 11.6 Å². The number of carbonyl (C=O) groups excluding carboxylic acids is 1. The molecule has 1 atom stereocenters. The van der Waals surface area contributed by atoms with Gasteiger partial charge in [0.25, 0.3) is 0 Å². The number of nitrogens with zero attached hydrogens (tertiary/aromatic N) is 2. The van der Waals surface area contributed by atoms with Crippen molar-refractivity contribution in [1.82, 2.24) is 4.90 Å². The molecule has 0 saturated heterocycles. The SMILES string of the molecule is CCOC(=O)OC1=C(C)N(C)C(C)=C(C#N)C1c1ccccc1Cl. The summed E-state index contributed by atoms with van der Waals surface area (Å²) in [5.41, 5.74) is 2.71. The number of nitriles is 1. The Bertz CT molecular complexity index is 762. The van der Waals surface area contributed by atoms with Gasteiger partial charge < -0.3 is 14.4 Å². The molecule has 1 aromatic rings. The van der Waals surface area contributed by atoms with E-state index in [4.69, 9.17) is 21.1 Å². The lowest BCUT2D eigenvalue weighted by Crippen LogP contribution is -2.28. The van der Waals surface area contributed by atoms with Crippen LogP contribution in [0.2, 0.25) is 5.02 Å². The molecule has 0 spiro atoms. The van der Waals surface area contributed by atoms with E-state index in [1.807, 2.05) is 44.0 Å². The molecule has 24 heavy (non-hydrogen) atoms. The summed E-state index contributed by atoms with van der Waals surface area (Å²) in [6.07, 6.45) is -0.797. The summed E-state index contributed by atoms with van der Waals surface area (Å²) < 4.78 is 10.3. The average Bonchev–Trinajstić information content (AvgIpc) is 2.56. The molecule has 126 valence electrons. The van der Waals surface area contributed by atoms with Crippen LogP contribution in [0.4, 0.5) is 4.79 Å². The largest absolute Gasteiger partial charge is 0.513 e. The lowest BCUT2D eigenvalue weighted by molar-refractivity contribution is 0.0757. The lowest BCUT2D eigenvalue weighted by atomic mass is 9.85. The Morgan fingerprint density at radius 3 is 2.58 bits per heavy atom. The van der Waals surface area contributed by atoms with Crippen molar-refractivity contribution in [3.05, 3.63) is 57.6 Å². The summed E-state index contributed by atoms with van der Waals surface area (Å²) in [5, 5.41) is 10.2. The molecule has 0 aromatic heterocycles. The van der Waals surface area contributed by atoms with Gasteiger partial charge in [-0.25, -0.2) is 4.79 Å². The van der Waals surface area contributed by atoms with Crippen molar-refractivity contribution in [3.63, 3.8) is 0 Å². The second kappa shape index (κ2) is 7.41. The summed E-state index contributed by atoms with van der Waals surface area (Å²) in [5.74, 6) is -0.199. The van der Waals surface area contributed by atoms with Crippen LogP contribution < -0.4 is 0 Å². The Balaban J connectivity index is 2.61. The molecular formula is C18H19ClN2O3. The monoisotopic (exact) mass is 346 g/mol. The van der Waals surface area contributed by atoms with Crippen LogP contribution in [0, 0.1) is 11.3 Å². The lowest BCUT2D eigenvalue weighted by Gasteiger charge is -2.34. The normalized spacial score (nSPS) is 17.7. The van der Waals surface area contributed by atoms with E-state index < -0.39 is 12.1 Å². The molecule has 2 rings (SSSR count). The van der Waals surface area contributed by atoms with E-state index in [9.17, 15) is 10.1 Å². The molecule has 1 unspecified atom stereocenters. The molecule has 0 radical (unpaired) electrons. The fourth-order valence-electron chi connectivity index (χ4n) is 2.67. The van der Waals surface area contributed by atoms with Gasteiger partial charge in [-0.2, -0.15) is 5.26 Å². The molecular weight excluding hydrogens is 328 g/mol. The third kappa shape index (κ3) is 3.24. The van der Waals surface area contributed by atoms with Crippen LogP contribution in [0.25, 0.3) is 0 Å². The van der Waals surface area contributed by atoms with Crippen LogP contribution in [0.1, 0.15) is 32.3 Å². The maximum atomic E-state index is 11.9. The van der Waals surface area contributed by atoms with E-state index in [2.05, 4.69) is 6.07 Å². The minimum Gasteiger partial charge on any atom is -0.434 e. The molecule has 0 N–H and O–H groups in total. The Hall–Kier alpha value is -2.45. The molecule has 1 heterocycles. The quantitative estimate of drug-likeness (QED) is 0.750. The Morgan fingerprint density at radius 2 is 2.00 bits per heavy atom. The summed E-state index contributed by atoms with van der Waals surface area (Å²) in [6.45, 7) is 5.59. The van der Waals surface area contributed by atoms with Gasteiger partial charge in [0.15, 0.2) is 0 Å². The van der Waals surface area contributed by atoms with Crippen molar-refractivity contribution in [3.8, 4) is 6.07 Å². The second-order valence-corrected chi connectivity index (χ2v) is 5.77. The highest BCUT2D eigenvalue weighted by Crippen LogP contribution is 2.43. The van der Waals surface area contributed by atoms with E-state index >= 15 is 0 Å². The van der Waals surface area contributed by atoms with Gasteiger partial charge >= 0.3 is 6.16 Å². The molecule has 0 bridgehead atoms. The highest BCUT2D eigenvalue weighted by molar-refractivity contribution is 6.31. The average molecular weight is 347 g/mol. The first-order valence-corrected chi connectivity index (χ1v) is 7.94. The van der Waals surface area contributed by atoms with Crippen molar-refractivity contribution in [1.29, 1.82) is 5.26 Å². The maximum absolute atomic E-state index is 11.9. The maximum Gasteiger partial charge on any atom is 0.513 e. The predicted molar refractivity (Wildman–Crippen MR) is 91.1 cm³/mol. The summed E-state index contributed by atoms with van der Waals surface area (Å²) in [6, 6.07) is 9.45. The van der Waals surface area contributed by atoms with Gasteiger partial charge in [-0.1, -0.05) is 29.8 Å². The Kier molecular flexibility index (Phi) is 5.53. The zero-order valence-electron chi connectivity index (χ0n) is 14.1. The Labute approximate surface area is 146 Å². The van der Waals surface area contributed by atoms with E-state index in [1.165, 1.54) is 0 Å². The van der Waals surface area contributed by atoms with Gasteiger partial charge in [-0.05, 0) is 32.4 Å². The van der Waals surface area contributed by atoms with Gasteiger partial charge in [-0.3, -0.25) is 0 Å². The molecule has 1 aromatic carbocycles. The van der Waals surface area contributed by atoms with E-state index in [-0.39, 0.29) is 6.61 Å². The van der Waals surface area contributed by atoms with Crippen LogP contribution in [-0.2, 0) is 9.47 Å². The standard InChI is InChI=1S/C18H19ClN2O3/c1-5-23-18(22)24-17-12(3)21(4)11(2)14(10-20)16(17)13-8-6-7-9-15(13)19/h6-9,16H,5H2,1-4H3. The number of hydrogen-bond acceptors (Lipinski definition) is 5. The Morgan fingerprint density at radius 1 is 1.33 bits per heavy atom. The minimum absolute atomic E-state index is 0.206. The van der Waals surface area contributed by atoms with Gasteiger partial charge in [0, 0.05) is 17.8 Å². The molecule has 6 heteroatoms. The summed E-state index contributed by atoms with van der Waals surface area (Å²) in [4.78, 5) is 13.7. The number of hydrogen-bond donors (Lipinski definition) is 0. The van der Waals surface area contributed by atoms with Crippen LogP contribution in [0.15, 0.2) is 47.0 Å². The first-order chi connectivity index (χ1) is 11.4. The van der Waals surface area contributed by atoms with Crippen molar-refractivity contribution in [2.75, 3.05) is 13.7 Å². The van der Waals surface area contributed by atoms with Crippen molar-refractivity contribution >= 4 is 17.8 Å². The van der Waals surface area contributed by atoms with Crippen LogP contribution in [-0.4, -0.2) is 24.7 Å². The zero-order valence-corrected chi connectivity index (χ0v) is 14.8. The molecule has 0 saturated carbocycles. The number of allylic oxidation sites excluding steroid dienone is 3. The molecule has 1 aliphatic heterocycles. The van der Waals surface area contributed by atoms with Crippen LogP contribution in [0.3, 0.4) is 0 Å². The molecule has 0 amide bonds. The minimum atomic E-state index is -0.797. The predicted octanol–water partition coefficient (Wildman–Crippen LogP) is 4.57. The molecule has 0 fully saturated rings. The third-order valence-electron chi connectivity index (χ3n) is 4.10. The second-order valence-electron chi connectivity index (χ2n) is 5.36. The number of benzene rings is 1. The first-order valence-electron chi connectivity index (χ1n) is 7.56. The van der Waals surface area contributed by atoms with E-state index in [0.717, 1.165) is 11.4 Å². The highest BCUT2D eigenvalue weighted by atomic mass is 35.5. The van der Waals surface area contributed by atoms with Gasteiger partial charge in [0.2, 0.25) is 0 Å². The number of rotatable bonds is 3. The van der Waals surface area contributed by atoms with Crippen LogP contribution in [0.5, 0.6) is 0 Å². The van der Waals surface area contributed by atoms with Gasteiger partial charge in [0.1, 0.15) is 5.76 Å². The topological polar surface area (TPSA) is 62.6 Å². The molecule has 1 aliphatic rings. The number of ether oxygens (including phenoxy) is 2. The first kappa shape index (κ1) is 17.9.